The van der Waals surface area contributed by atoms with Crippen LogP contribution in [0.15, 0.2) is 12.2 Å². The van der Waals surface area contributed by atoms with Gasteiger partial charge in [0.05, 0.1) is 6.10 Å². The van der Waals surface area contributed by atoms with E-state index in [0.29, 0.717) is 0 Å². The highest BCUT2D eigenvalue weighted by Crippen LogP contribution is 2.29. The van der Waals surface area contributed by atoms with Gasteiger partial charge in [-0.2, -0.15) is 0 Å². The Morgan fingerprint density at radius 1 is 1.50 bits per heavy atom. The average Bonchev–Trinajstić information content (AvgIpc) is 2.62. The first-order valence-electron chi connectivity index (χ1n) is 5.20. The first kappa shape index (κ1) is 9.71. The molecule has 1 aliphatic heterocycles. The highest BCUT2D eigenvalue weighted by molar-refractivity contribution is 5.82. The lowest BCUT2D eigenvalue weighted by Gasteiger charge is -2.36. The number of carbonyl (C=O) groups excluding carboxylic acids is 1. The van der Waals surface area contributed by atoms with Gasteiger partial charge in [0.25, 0.3) is 0 Å². The summed E-state index contributed by atoms with van der Waals surface area (Å²) < 4.78 is 10.7. The van der Waals surface area contributed by atoms with E-state index in [0.717, 1.165) is 18.4 Å². The molecule has 0 bridgehead atoms. The quantitative estimate of drug-likeness (QED) is 0.510. The number of hydrogen-bond acceptors (Lipinski definition) is 3. The van der Waals surface area contributed by atoms with Gasteiger partial charge in [0, 0.05) is 0 Å². The summed E-state index contributed by atoms with van der Waals surface area (Å²) >= 11 is 0. The lowest BCUT2D eigenvalue weighted by Crippen LogP contribution is -2.53. The molecule has 0 aromatic carbocycles. The molecular weight excluding hydrogens is 180 g/mol. The summed E-state index contributed by atoms with van der Waals surface area (Å²) in [6.07, 6.45) is 4.25. The van der Waals surface area contributed by atoms with Gasteiger partial charge in [-0.25, -0.2) is 4.79 Å². The Balaban J connectivity index is 1.89. The molecule has 1 heterocycles. The van der Waals surface area contributed by atoms with Gasteiger partial charge in [-0.05, 0) is 25.3 Å². The van der Waals surface area contributed by atoms with Crippen LogP contribution in [0.4, 0.5) is 0 Å². The van der Waals surface area contributed by atoms with E-state index < -0.39 is 0 Å². The lowest BCUT2D eigenvalue weighted by atomic mass is 10.0. The van der Waals surface area contributed by atoms with Crippen molar-refractivity contribution in [3.63, 3.8) is 0 Å². The van der Waals surface area contributed by atoms with Crippen molar-refractivity contribution in [3.05, 3.63) is 12.2 Å². The molecule has 2 fully saturated rings. The van der Waals surface area contributed by atoms with Crippen LogP contribution in [0.2, 0.25) is 0 Å². The van der Waals surface area contributed by atoms with E-state index in [9.17, 15) is 4.79 Å². The van der Waals surface area contributed by atoms with Crippen LogP contribution in [-0.2, 0) is 14.3 Å². The number of ether oxygens (including phenoxy) is 2. The largest absolute Gasteiger partial charge is 0.452 e. The van der Waals surface area contributed by atoms with Crippen molar-refractivity contribution < 1.29 is 14.3 Å². The molecule has 2 rings (SSSR count). The van der Waals surface area contributed by atoms with E-state index in [4.69, 9.17) is 9.47 Å². The predicted molar refractivity (Wildman–Crippen MR) is 51.8 cm³/mol. The second kappa shape index (κ2) is 3.73. The van der Waals surface area contributed by atoms with Gasteiger partial charge in [-0.15, -0.1) is 0 Å². The fraction of sp³-hybridized carbons (Fsp3) is 0.727. The van der Waals surface area contributed by atoms with E-state index >= 15 is 0 Å². The molecule has 3 nitrogen and oxygen atoms in total. The van der Waals surface area contributed by atoms with Gasteiger partial charge < -0.3 is 9.47 Å². The number of carbonyl (C=O) groups is 1. The van der Waals surface area contributed by atoms with E-state index in [1.54, 1.807) is 0 Å². The lowest BCUT2D eigenvalue weighted by molar-refractivity contribution is -0.206. The van der Waals surface area contributed by atoms with Crippen LogP contribution in [-0.4, -0.2) is 24.3 Å². The Hall–Kier alpha value is -0.830. The molecule has 1 aliphatic carbocycles. The van der Waals surface area contributed by atoms with Crippen molar-refractivity contribution in [2.75, 3.05) is 0 Å². The van der Waals surface area contributed by atoms with Gasteiger partial charge in [0.2, 0.25) is 0 Å². The van der Waals surface area contributed by atoms with Gasteiger partial charge in [0.1, 0.15) is 0 Å². The monoisotopic (exact) mass is 196 g/mol. The zero-order chi connectivity index (χ0) is 10.1. The zero-order valence-electron chi connectivity index (χ0n) is 8.49. The normalized spacial score (nSPS) is 32.5. The molecule has 2 atom stereocenters. The van der Waals surface area contributed by atoms with Crippen LogP contribution in [0.3, 0.4) is 0 Å². The number of hydrogen-bond donors (Lipinski definition) is 0. The van der Waals surface area contributed by atoms with Crippen molar-refractivity contribution in [2.24, 2.45) is 0 Å². The van der Waals surface area contributed by atoms with Crippen LogP contribution in [0, 0.1) is 0 Å². The van der Waals surface area contributed by atoms with Gasteiger partial charge in [0.15, 0.2) is 12.2 Å². The van der Waals surface area contributed by atoms with Crippen molar-refractivity contribution in [3.8, 4) is 0 Å². The third-order valence-corrected chi connectivity index (χ3v) is 2.88. The van der Waals surface area contributed by atoms with Crippen molar-refractivity contribution in [1.82, 2.24) is 0 Å². The molecule has 14 heavy (non-hydrogen) atoms. The molecular formula is C11H16O3. The number of esters is 1. The highest BCUT2D eigenvalue weighted by Gasteiger charge is 2.45. The fourth-order valence-electron chi connectivity index (χ4n) is 2.02. The van der Waals surface area contributed by atoms with Crippen LogP contribution in [0.1, 0.15) is 32.6 Å². The van der Waals surface area contributed by atoms with E-state index in [1.807, 2.05) is 6.92 Å². The molecule has 1 saturated heterocycles. The smallest absolute Gasteiger partial charge is 0.340 e. The number of cyclic esters (lactones) is 1. The molecule has 0 aromatic heterocycles. The summed E-state index contributed by atoms with van der Waals surface area (Å²) in [5.74, 6) is -0.232. The van der Waals surface area contributed by atoms with Gasteiger partial charge >= 0.3 is 5.97 Å². The Labute approximate surface area is 84.1 Å². The average molecular weight is 196 g/mol. The Kier molecular flexibility index (Phi) is 2.59. The van der Waals surface area contributed by atoms with E-state index in [1.165, 1.54) is 12.8 Å². The molecule has 1 saturated carbocycles. The first-order valence-corrected chi connectivity index (χ1v) is 5.20. The molecule has 0 spiro atoms. The summed E-state index contributed by atoms with van der Waals surface area (Å²) in [5, 5.41) is 0. The minimum atomic E-state index is -0.379. The van der Waals surface area contributed by atoms with Gasteiger partial charge in [-0.1, -0.05) is 19.4 Å². The molecule has 0 radical (unpaired) electrons. The highest BCUT2D eigenvalue weighted by atomic mass is 16.6. The Morgan fingerprint density at radius 3 is 2.64 bits per heavy atom. The zero-order valence-corrected chi connectivity index (χ0v) is 8.49. The Morgan fingerprint density at radius 2 is 2.14 bits per heavy atom. The van der Waals surface area contributed by atoms with E-state index in [2.05, 4.69) is 6.58 Å². The maximum absolute atomic E-state index is 11.1. The summed E-state index contributed by atoms with van der Waals surface area (Å²) in [5.41, 5.74) is 0.868. The van der Waals surface area contributed by atoms with E-state index in [-0.39, 0.29) is 24.3 Å². The van der Waals surface area contributed by atoms with Crippen molar-refractivity contribution >= 4 is 5.97 Å². The van der Waals surface area contributed by atoms with Crippen LogP contribution in [0.25, 0.3) is 0 Å². The second-order valence-electron chi connectivity index (χ2n) is 4.17. The maximum atomic E-state index is 11.1. The molecule has 0 aromatic rings. The minimum Gasteiger partial charge on any atom is -0.452 e. The molecule has 2 aliphatic rings. The first-order chi connectivity index (χ1) is 6.68. The Bertz CT molecular complexity index is 253. The summed E-state index contributed by atoms with van der Waals surface area (Å²) in [4.78, 5) is 11.1. The van der Waals surface area contributed by atoms with Crippen LogP contribution in [0.5, 0.6) is 0 Å². The number of rotatable bonds is 3. The van der Waals surface area contributed by atoms with Crippen LogP contribution < -0.4 is 0 Å². The van der Waals surface area contributed by atoms with Crippen molar-refractivity contribution in [2.45, 2.75) is 50.9 Å². The van der Waals surface area contributed by atoms with Crippen molar-refractivity contribution in [1.29, 1.82) is 0 Å². The maximum Gasteiger partial charge on any atom is 0.340 e. The summed E-state index contributed by atoms with van der Waals surface area (Å²) in [6.45, 7) is 5.64. The SMILES string of the molecule is C=C(C)C1OC(=O)C1OC1CCCC1. The van der Waals surface area contributed by atoms with Crippen LogP contribution >= 0.6 is 0 Å². The van der Waals surface area contributed by atoms with Gasteiger partial charge in [-0.3, -0.25) is 0 Å². The summed E-state index contributed by atoms with van der Waals surface area (Å²) in [7, 11) is 0. The molecule has 0 N–H and O–H groups in total. The molecule has 78 valence electrons. The second-order valence-corrected chi connectivity index (χ2v) is 4.17. The minimum absolute atomic E-state index is 0.205. The standard InChI is InChI=1S/C11H16O3/c1-7(2)9-10(11(12)14-9)13-8-5-3-4-6-8/h8-10H,1,3-6H2,2H3. The molecule has 0 amide bonds. The third-order valence-electron chi connectivity index (χ3n) is 2.88. The third kappa shape index (κ3) is 1.69. The topological polar surface area (TPSA) is 35.5 Å². The summed E-state index contributed by atoms with van der Waals surface area (Å²) in [6, 6.07) is 0. The fourth-order valence-corrected chi connectivity index (χ4v) is 2.02. The predicted octanol–water partition coefficient (Wildman–Crippen LogP) is 1.82. The molecule has 2 unspecified atom stereocenters. The molecule has 3 heteroatoms.